The number of benzene rings is 1. The maximum atomic E-state index is 11.7. The summed E-state index contributed by atoms with van der Waals surface area (Å²) in [7, 11) is 0. The minimum atomic E-state index is 0.104. The summed E-state index contributed by atoms with van der Waals surface area (Å²) in [5.74, 6) is 0.104. The highest BCUT2D eigenvalue weighted by Gasteiger charge is 2.29. The summed E-state index contributed by atoms with van der Waals surface area (Å²) in [6.07, 6.45) is 0.497. The average Bonchev–Trinajstić information content (AvgIpc) is 2.50. The molecule has 0 saturated carbocycles. The molecule has 2 N–H and O–H groups in total. The number of amides is 1. The molecule has 80 valence electrons. The van der Waals surface area contributed by atoms with E-state index in [1.165, 1.54) is 0 Å². The number of hydrogen-bond donors (Lipinski definition) is 2. The van der Waals surface area contributed by atoms with Crippen molar-refractivity contribution >= 4 is 29.9 Å². The van der Waals surface area contributed by atoms with Gasteiger partial charge in [-0.15, -0.1) is 0 Å². The van der Waals surface area contributed by atoms with Crippen LogP contribution in [0.2, 0.25) is 0 Å². The Kier molecular flexibility index (Phi) is 2.61. The van der Waals surface area contributed by atoms with Gasteiger partial charge in [-0.2, -0.15) is 12.6 Å². The normalized spacial score (nSPS) is 21.1. The largest absolute Gasteiger partial charge is 0.397 e. The number of thiol groups is 1. The lowest BCUT2D eigenvalue weighted by Gasteiger charge is -2.18. The Balaban J connectivity index is 2.37. The van der Waals surface area contributed by atoms with Crippen LogP contribution in [0.4, 0.5) is 11.4 Å². The van der Waals surface area contributed by atoms with Crippen LogP contribution in [0.3, 0.4) is 0 Å². The number of rotatable bonds is 1. The summed E-state index contributed by atoms with van der Waals surface area (Å²) in [4.78, 5) is 13.4. The van der Waals surface area contributed by atoms with E-state index in [9.17, 15) is 4.79 Å². The zero-order chi connectivity index (χ0) is 11.0. The Labute approximate surface area is 94.7 Å². The van der Waals surface area contributed by atoms with E-state index in [0.29, 0.717) is 18.7 Å². The van der Waals surface area contributed by atoms with E-state index in [-0.39, 0.29) is 11.2 Å². The van der Waals surface area contributed by atoms with E-state index in [0.717, 1.165) is 11.3 Å². The summed E-state index contributed by atoms with van der Waals surface area (Å²) in [6, 6.07) is 5.72. The molecule has 1 unspecified atom stereocenters. The second-order valence-corrected chi connectivity index (χ2v) is 4.65. The minimum Gasteiger partial charge on any atom is -0.397 e. The predicted molar refractivity (Wildman–Crippen MR) is 65.3 cm³/mol. The van der Waals surface area contributed by atoms with Gasteiger partial charge in [0.05, 0.1) is 11.4 Å². The van der Waals surface area contributed by atoms with Crippen LogP contribution in [-0.2, 0) is 4.79 Å². The predicted octanol–water partition coefficient (Wildman–Crippen LogP) is 1.61. The fraction of sp³-hybridized carbons (Fsp3) is 0.364. The van der Waals surface area contributed by atoms with Gasteiger partial charge in [-0.3, -0.25) is 4.79 Å². The molecule has 0 spiro atoms. The van der Waals surface area contributed by atoms with Crippen molar-refractivity contribution in [3.63, 3.8) is 0 Å². The molecule has 0 radical (unpaired) electrons. The van der Waals surface area contributed by atoms with Gasteiger partial charge in [-0.1, -0.05) is 6.07 Å². The van der Waals surface area contributed by atoms with Gasteiger partial charge in [0.1, 0.15) is 0 Å². The molecule has 1 fully saturated rings. The molecule has 1 saturated heterocycles. The SMILES string of the molecule is Cc1ccc(N)c(N2CC(S)CC2=O)c1. The summed E-state index contributed by atoms with van der Waals surface area (Å²) >= 11 is 4.32. The smallest absolute Gasteiger partial charge is 0.228 e. The lowest BCUT2D eigenvalue weighted by Crippen LogP contribution is -2.25. The fourth-order valence-electron chi connectivity index (χ4n) is 1.81. The number of carbonyl (C=O) groups excluding carboxylic acids is 1. The van der Waals surface area contributed by atoms with Crippen molar-refractivity contribution in [3.05, 3.63) is 23.8 Å². The molecule has 1 aromatic rings. The number of carbonyl (C=O) groups is 1. The monoisotopic (exact) mass is 222 g/mol. The van der Waals surface area contributed by atoms with Gasteiger partial charge < -0.3 is 10.6 Å². The Morgan fingerprint density at radius 2 is 2.27 bits per heavy atom. The second kappa shape index (κ2) is 3.77. The van der Waals surface area contributed by atoms with Crippen molar-refractivity contribution in [2.75, 3.05) is 17.2 Å². The van der Waals surface area contributed by atoms with Crippen molar-refractivity contribution in [1.82, 2.24) is 0 Å². The summed E-state index contributed by atoms with van der Waals surface area (Å²) < 4.78 is 0. The van der Waals surface area contributed by atoms with E-state index in [1.807, 2.05) is 25.1 Å². The standard InChI is InChI=1S/C11H14N2OS/c1-7-2-3-9(12)10(4-7)13-6-8(15)5-11(13)14/h2-4,8,15H,5-6,12H2,1H3. The second-order valence-electron chi connectivity index (χ2n) is 3.92. The third kappa shape index (κ3) is 1.95. The molecule has 0 aromatic heterocycles. The molecule has 1 heterocycles. The quantitative estimate of drug-likeness (QED) is 0.560. The van der Waals surface area contributed by atoms with Crippen molar-refractivity contribution in [2.24, 2.45) is 0 Å². The van der Waals surface area contributed by atoms with E-state index >= 15 is 0 Å². The lowest BCUT2D eigenvalue weighted by atomic mass is 10.2. The van der Waals surface area contributed by atoms with Crippen LogP contribution in [0.25, 0.3) is 0 Å². The molecular formula is C11H14N2OS. The molecule has 1 aliphatic rings. The van der Waals surface area contributed by atoms with Crippen LogP contribution in [0.15, 0.2) is 18.2 Å². The average molecular weight is 222 g/mol. The van der Waals surface area contributed by atoms with Crippen LogP contribution in [0, 0.1) is 6.92 Å². The topological polar surface area (TPSA) is 46.3 Å². The van der Waals surface area contributed by atoms with Crippen molar-refractivity contribution < 1.29 is 4.79 Å². The van der Waals surface area contributed by atoms with Crippen molar-refractivity contribution in [2.45, 2.75) is 18.6 Å². The molecule has 1 amide bonds. The van der Waals surface area contributed by atoms with Gasteiger partial charge >= 0.3 is 0 Å². The molecule has 1 aromatic carbocycles. The Hall–Kier alpha value is -1.16. The molecule has 3 nitrogen and oxygen atoms in total. The molecule has 4 heteroatoms. The van der Waals surface area contributed by atoms with E-state index in [1.54, 1.807) is 4.90 Å². The van der Waals surface area contributed by atoms with Gasteiger partial charge in [0, 0.05) is 18.2 Å². The molecule has 0 aliphatic carbocycles. The maximum absolute atomic E-state index is 11.7. The molecule has 1 atom stereocenters. The van der Waals surface area contributed by atoms with Crippen LogP contribution < -0.4 is 10.6 Å². The maximum Gasteiger partial charge on any atom is 0.228 e. The van der Waals surface area contributed by atoms with Crippen LogP contribution >= 0.6 is 12.6 Å². The molecule has 1 aliphatic heterocycles. The highest BCUT2D eigenvalue weighted by molar-refractivity contribution is 7.81. The first-order valence-corrected chi connectivity index (χ1v) is 5.44. The lowest BCUT2D eigenvalue weighted by molar-refractivity contribution is -0.117. The Morgan fingerprint density at radius 1 is 1.53 bits per heavy atom. The van der Waals surface area contributed by atoms with E-state index < -0.39 is 0 Å². The van der Waals surface area contributed by atoms with Gasteiger partial charge in [0.25, 0.3) is 0 Å². The Morgan fingerprint density at radius 3 is 2.87 bits per heavy atom. The first-order valence-electron chi connectivity index (χ1n) is 4.92. The van der Waals surface area contributed by atoms with E-state index in [2.05, 4.69) is 12.6 Å². The van der Waals surface area contributed by atoms with Crippen LogP contribution in [0.5, 0.6) is 0 Å². The number of hydrogen-bond acceptors (Lipinski definition) is 3. The number of anilines is 2. The molecule has 0 bridgehead atoms. The van der Waals surface area contributed by atoms with E-state index in [4.69, 9.17) is 5.73 Å². The summed E-state index contributed by atoms with van der Waals surface area (Å²) in [5, 5.41) is 0.123. The number of nitrogen functional groups attached to an aromatic ring is 1. The van der Waals surface area contributed by atoms with Gasteiger partial charge in [-0.25, -0.2) is 0 Å². The third-order valence-corrected chi connectivity index (χ3v) is 2.93. The number of nitrogens with two attached hydrogens (primary N) is 1. The van der Waals surface area contributed by atoms with Gasteiger partial charge in [0.2, 0.25) is 5.91 Å². The number of aryl methyl sites for hydroxylation is 1. The van der Waals surface area contributed by atoms with Gasteiger partial charge in [-0.05, 0) is 24.6 Å². The fourth-order valence-corrected chi connectivity index (χ4v) is 2.13. The van der Waals surface area contributed by atoms with Crippen LogP contribution in [0.1, 0.15) is 12.0 Å². The Bertz CT molecular complexity index is 406. The first-order chi connectivity index (χ1) is 7.08. The summed E-state index contributed by atoms with van der Waals surface area (Å²) in [5.41, 5.74) is 8.43. The molecule has 15 heavy (non-hydrogen) atoms. The van der Waals surface area contributed by atoms with Crippen molar-refractivity contribution in [3.8, 4) is 0 Å². The minimum absolute atomic E-state index is 0.104. The summed E-state index contributed by atoms with van der Waals surface area (Å²) in [6.45, 7) is 2.64. The number of nitrogens with zero attached hydrogens (tertiary/aromatic N) is 1. The zero-order valence-corrected chi connectivity index (χ0v) is 9.50. The third-order valence-electron chi connectivity index (χ3n) is 2.58. The van der Waals surface area contributed by atoms with Gasteiger partial charge in [0.15, 0.2) is 0 Å². The highest BCUT2D eigenvalue weighted by Crippen LogP contribution is 2.29. The van der Waals surface area contributed by atoms with Crippen LogP contribution in [-0.4, -0.2) is 17.7 Å². The highest BCUT2D eigenvalue weighted by atomic mass is 32.1. The first kappa shape index (κ1) is 10.4. The molecule has 2 rings (SSSR count). The zero-order valence-electron chi connectivity index (χ0n) is 8.60. The van der Waals surface area contributed by atoms with Crippen molar-refractivity contribution in [1.29, 1.82) is 0 Å². The molecular weight excluding hydrogens is 208 g/mol.